The van der Waals surface area contributed by atoms with E-state index in [0.717, 1.165) is 37.1 Å². The molecule has 0 aliphatic heterocycles. The van der Waals surface area contributed by atoms with Crippen LogP contribution in [0.2, 0.25) is 0 Å². The minimum atomic E-state index is -0.223. The molecule has 110 valence electrons. The van der Waals surface area contributed by atoms with Crippen LogP contribution in [-0.4, -0.2) is 23.9 Å². The highest BCUT2D eigenvalue weighted by molar-refractivity contribution is 5.33. The smallest absolute Gasteiger partial charge is 0.124 e. The fourth-order valence-electron chi connectivity index (χ4n) is 2.71. The molecule has 1 aromatic carbocycles. The molecule has 1 aromatic rings. The van der Waals surface area contributed by atoms with Gasteiger partial charge in [-0.2, -0.15) is 0 Å². The normalized spacial score (nSPS) is 23.1. The number of hydrogen-bond acceptors (Lipinski definition) is 3. The molecule has 2 unspecified atom stereocenters. The summed E-state index contributed by atoms with van der Waals surface area (Å²) >= 11 is 0. The summed E-state index contributed by atoms with van der Waals surface area (Å²) in [5.74, 6) is 0.892. The van der Waals surface area contributed by atoms with E-state index >= 15 is 0 Å². The summed E-state index contributed by atoms with van der Waals surface area (Å²) in [7, 11) is 0. The van der Waals surface area contributed by atoms with Crippen LogP contribution in [0.5, 0.6) is 5.75 Å². The van der Waals surface area contributed by atoms with Crippen molar-refractivity contribution < 1.29 is 9.84 Å². The molecule has 1 aliphatic rings. The van der Waals surface area contributed by atoms with E-state index in [1.807, 2.05) is 18.2 Å². The summed E-state index contributed by atoms with van der Waals surface area (Å²) in [5.41, 5.74) is 1.13. The SMILES string of the molecule is C=CCOc1ccccc1CNC1CCCCCC1O. The fraction of sp³-hybridized carbons (Fsp3) is 0.529. The minimum absolute atomic E-state index is 0.199. The summed E-state index contributed by atoms with van der Waals surface area (Å²) < 4.78 is 5.66. The Bertz CT molecular complexity index is 419. The van der Waals surface area contributed by atoms with Gasteiger partial charge in [-0.15, -0.1) is 0 Å². The first-order valence-electron chi connectivity index (χ1n) is 7.54. The van der Waals surface area contributed by atoms with Gasteiger partial charge < -0.3 is 15.2 Å². The number of aliphatic hydroxyl groups is 1. The topological polar surface area (TPSA) is 41.5 Å². The third-order valence-electron chi connectivity index (χ3n) is 3.86. The first-order chi connectivity index (χ1) is 9.81. The van der Waals surface area contributed by atoms with Crippen molar-refractivity contribution in [1.29, 1.82) is 0 Å². The molecule has 0 heterocycles. The number of nitrogens with one attached hydrogen (secondary N) is 1. The van der Waals surface area contributed by atoms with Gasteiger partial charge in [-0.1, -0.05) is 50.1 Å². The maximum atomic E-state index is 10.1. The van der Waals surface area contributed by atoms with Crippen LogP contribution in [-0.2, 0) is 6.54 Å². The number of benzene rings is 1. The van der Waals surface area contributed by atoms with Crippen LogP contribution in [0, 0.1) is 0 Å². The lowest BCUT2D eigenvalue weighted by Gasteiger charge is -2.22. The minimum Gasteiger partial charge on any atom is -0.489 e. The van der Waals surface area contributed by atoms with Crippen molar-refractivity contribution in [1.82, 2.24) is 5.32 Å². The van der Waals surface area contributed by atoms with Gasteiger partial charge in [-0.05, 0) is 18.9 Å². The Morgan fingerprint density at radius 2 is 2.05 bits per heavy atom. The average Bonchev–Trinajstić information content (AvgIpc) is 2.68. The zero-order valence-corrected chi connectivity index (χ0v) is 12.1. The van der Waals surface area contributed by atoms with Gasteiger partial charge in [-0.25, -0.2) is 0 Å². The highest BCUT2D eigenvalue weighted by atomic mass is 16.5. The van der Waals surface area contributed by atoms with E-state index in [2.05, 4.69) is 18.0 Å². The van der Waals surface area contributed by atoms with Gasteiger partial charge in [0.25, 0.3) is 0 Å². The first-order valence-corrected chi connectivity index (χ1v) is 7.54. The maximum Gasteiger partial charge on any atom is 0.124 e. The van der Waals surface area contributed by atoms with E-state index in [1.165, 1.54) is 12.8 Å². The number of rotatable bonds is 6. The van der Waals surface area contributed by atoms with Gasteiger partial charge in [0.2, 0.25) is 0 Å². The van der Waals surface area contributed by atoms with Crippen molar-refractivity contribution >= 4 is 0 Å². The van der Waals surface area contributed by atoms with E-state index in [1.54, 1.807) is 6.08 Å². The zero-order valence-electron chi connectivity index (χ0n) is 12.1. The third-order valence-corrected chi connectivity index (χ3v) is 3.86. The van der Waals surface area contributed by atoms with Crippen molar-refractivity contribution in [3.8, 4) is 5.75 Å². The zero-order chi connectivity index (χ0) is 14.2. The Morgan fingerprint density at radius 1 is 1.25 bits per heavy atom. The molecule has 2 N–H and O–H groups in total. The summed E-state index contributed by atoms with van der Waals surface area (Å²) in [5, 5.41) is 13.6. The molecule has 1 fully saturated rings. The van der Waals surface area contributed by atoms with Crippen molar-refractivity contribution in [2.75, 3.05) is 6.61 Å². The molecule has 0 bridgehead atoms. The Kier molecular flexibility index (Phi) is 6.09. The molecule has 0 amide bonds. The third kappa shape index (κ3) is 4.36. The van der Waals surface area contributed by atoms with Gasteiger partial charge in [0.15, 0.2) is 0 Å². The quantitative estimate of drug-likeness (QED) is 0.619. The Hall–Kier alpha value is -1.32. The number of aliphatic hydroxyl groups excluding tert-OH is 1. The van der Waals surface area contributed by atoms with Gasteiger partial charge in [0.05, 0.1) is 6.10 Å². The molecule has 2 atom stereocenters. The Balaban J connectivity index is 1.93. The van der Waals surface area contributed by atoms with Crippen molar-refractivity contribution in [2.24, 2.45) is 0 Å². The molecule has 0 saturated heterocycles. The van der Waals surface area contributed by atoms with Crippen LogP contribution in [0.1, 0.15) is 37.7 Å². The Morgan fingerprint density at radius 3 is 2.90 bits per heavy atom. The predicted octanol–water partition coefficient (Wildman–Crippen LogP) is 3.03. The average molecular weight is 275 g/mol. The van der Waals surface area contributed by atoms with Crippen molar-refractivity contribution in [3.05, 3.63) is 42.5 Å². The summed E-state index contributed by atoms with van der Waals surface area (Å²) in [6, 6.07) is 8.23. The van der Waals surface area contributed by atoms with Crippen LogP contribution in [0.25, 0.3) is 0 Å². The van der Waals surface area contributed by atoms with E-state index in [-0.39, 0.29) is 12.1 Å². The van der Waals surface area contributed by atoms with Gasteiger partial charge in [0.1, 0.15) is 12.4 Å². The standard InChI is InChI=1S/C17H25NO2/c1-2-12-20-17-11-7-6-8-14(17)13-18-15-9-4-3-5-10-16(15)19/h2,6-8,11,15-16,18-19H,1,3-5,9-10,12-13H2. The molecule has 3 nitrogen and oxygen atoms in total. The largest absolute Gasteiger partial charge is 0.489 e. The van der Waals surface area contributed by atoms with Crippen molar-refractivity contribution in [2.45, 2.75) is 50.8 Å². The molecule has 20 heavy (non-hydrogen) atoms. The summed E-state index contributed by atoms with van der Waals surface area (Å²) in [6.45, 7) is 4.92. The van der Waals surface area contributed by atoms with Gasteiger partial charge in [0, 0.05) is 18.2 Å². The molecule has 0 radical (unpaired) electrons. The Labute approximate surface area is 121 Å². The van der Waals surface area contributed by atoms with Crippen LogP contribution < -0.4 is 10.1 Å². The molecular formula is C17H25NO2. The van der Waals surface area contributed by atoms with Crippen LogP contribution in [0.4, 0.5) is 0 Å². The lowest BCUT2D eigenvalue weighted by Crippen LogP contribution is -2.38. The molecule has 1 saturated carbocycles. The molecule has 0 aromatic heterocycles. The molecule has 1 aliphatic carbocycles. The molecule has 3 heteroatoms. The van der Waals surface area contributed by atoms with Crippen LogP contribution in [0.3, 0.4) is 0 Å². The number of hydrogen-bond donors (Lipinski definition) is 2. The predicted molar refractivity (Wildman–Crippen MR) is 81.9 cm³/mol. The van der Waals surface area contributed by atoms with E-state index in [9.17, 15) is 5.11 Å². The highest BCUT2D eigenvalue weighted by Gasteiger charge is 2.21. The fourth-order valence-corrected chi connectivity index (χ4v) is 2.71. The lowest BCUT2D eigenvalue weighted by molar-refractivity contribution is 0.119. The van der Waals surface area contributed by atoms with Crippen LogP contribution >= 0.6 is 0 Å². The molecular weight excluding hydrogens is 250 g/mol. The number of ether oxygens (including phenoxy) is 1. The second-order valence-electron chi connectivity index (χ2n) is 5.40. The van der Waals surface area contributed by atoms with Crippen LogP contribution in [0.15, 0.2) is 36.9 Å². The molecule has 2 rings (SSSR count). The van der Waals surface area contributed by atoms with E-state index < -0.39 is 0 Å². The summed E-state index contributed by atoms with van der Waals surface area (Å²) in [6.07, 6.45) is 7.05. The maximum absolute atomic E-state index is 10.1. The lowest BCUT2D eigenvalue weighted by atomic mass is 10.1. The highest BCUT2D eigenvalue weighted by Crippen LogP contribution is 2.21. The summed E-state index contributed by atoms with van der Waals surface area (Å²) in [4.78, 5) is 0. The molecule has 0 spiro atoms. The number of para-hydroxylation sites is 1. The monoisotopic (exact) mass is 275 g/mol. The van der Waals surface area contributed by atoms with Gasteiger partial charge >= 0.3 is 0 Å². The van der Waals surface area contributed by atoms with Gasteiger partial charge in [-0.3, -0.25) is 0 Å². The van der Waals surface area contributed by atoms with Crippen molar-refractivity contribution in [3.63, 3.8) is 0 Å². The second-order valence-corrected chi connectivity index (χ2v) is 5.40. The van der Waals surface area contributed by atoms with E-state index in [0.29, 0.717) is 6.61 Å². The van der Waals surface area contributed by atoms with E-state index in [4.69, 9.17) is 4.74 Å². The first kappa shape index (κ1) is 15.1. The second kappa shape index (κ2) is 8.08.